The van der Waals surface area contributed by atoms with Crippen LogP contribution in [0.3, 0.4) is 0 Å². The Morgan fingerprint density at radius 3 is 0.784 bits per heavy atom. The summed E-state index contributed by atoms with van der Waals surface area (Å²) in [6.07, 6.45) is -57.5. The highest BCUT2D eigenvalue weighted by Crippen LogP contribution is 2.27. The Balaban J connectivity index is 0.000000645. The van der Waals surface area contributed by atoms with Crippen LogP contribution in [0, 0.1) is 0 Å². The van der Waals surface area contributed by atoms with E-state index in [0.717, 1.165) is 0 Å². The van der Waals surface area contributed by atoms with E-state index in [1.54, 1.807) is 0 Å². The highest BCUT2D eigenvalue weighted by Gasteiger charge is 2.49. The normalized spacial score (nSPS) is 48.6. The maximum atomic E-state index is 9.23. The fraction of sp³-hybridized carbons (Fsp3) is 1.00. The first-order valence-electron chi connectivity index (χ1n) is 35.2. The molecule has 10 rings (SSSR count). The lowest BCUT2D eigenvalue weighted by molar-refractivity contribution is -0.286. The minimum absolute atomic E-state index is 0.0162. The topological polar surface area (TPSA) is 1010 Å². The Labute approximate surface area is 662 Å². The van der Waals surface area contributed by atoms with Gasteiger partial charge in [0.2, 0.25) is 0 Å². The molecule has 10 fully saturated rings. The van der Waals surface area contributed by atoms with Crippen LogP contribution in [0.2, 0.25) is 0 Å². The number of aliphatic hydroxyl groups is 44. The van der Waals surface area contributed by atoms with Crippen LogP contribution in [0.5, 0.6) is 0 Å². The van der Waals surface area contributed by atoms with Crippen molar-refractivity contribution in [3.63, 3.8) is 0 Å². The minimum atomic E-state index is -1.57. The molecule has 116 heavy (non-hydrogen) atoms. The number of hydrogen-bond donors (Lipinski definition) is 46. The third-order valence-electron chi connectivity index (χ3n) is 18.3. The maximum Gasteiger partial charge on any atom is 0.184 e. The van der Waals surface area contributed by atoms with Gasteiger partial charge in [-0.3, -0.25) is 0 Å². The van der Waals surface area contributed by atoms with E-state index in [1.807, 2.05) is 0 Å². The Morgan fingerprint density at radius 2 is 0.474 bits per heavy atom. The molecule has 0 amide bonds. The van der Waals surface area contributed by atoms with Gasteiger partial charge < -0.3 is 278 Å². The molecule has 0 aromatic heterocycles. The van der Waals surface area contributed by atoms with Crippen LogP contribution in [0.25, 0.3) is 0 Å². The van der Waals surface area contributed by atoms with Crippen molar-refractivity contribution in [1.82, 2.24) is 0 Å². The van der Waals surface area contributed by atoms with Gasteiger partial charge in [-0.1, -0.05) is 0 Å². The van der Waals surface area contributed by atoms with E-state index in [2.05, 4.69) is 41.0 Å². The predicted octanol–water partition coefficient (Wildman–Crippen LogP) is -27.2. The molecule has 28 unspecified atom stereocenters. The van der Waals surface area contributed by atoms with Crippen molar-refractivity contribution in [1.29, 1.82) is 0 Å². The average Bonchev–Trinajstić information content (AvgIpc) is 0.832. The largest absolute Gasteiger partial charge is 0.394 e. The van der Waals surface area contributed by atoms with Crippen LogP contribution in [0.1, 0.15) is 26.2 Å². The molecule has 47 atom stereocenters. The van der Waals surface area contributed by atoms with Gasteiger partial charge in [0.05, 0.1) is 95.5 Å². The molecule has 0 saturated carbocycles. The summed E-state index contributed by atoms with van der Waals surface area (Å²) in [5, 5.41) is 394. The van der Waals surface area contributed by atoms with Gasteiger partial charge in [0.1, 0.15) is 183 Å². The standard InChI is InChI=1S/C6H13NO5.4C6H12O6.C6H12O5S.4C6H12O5/c7-3-5(10)4(9)2(1-8)12-6(3)11;4*7-1-2-3(8)4(9)5(10)6(11)12-2;7-3-2(1-12)11-6(10)5(9)4(3)8;7-2-4-6(10)3(8)1-5(9)11-4;7-2-5-3(8)1-4(9)6(10)11-5;7-2-3-1-4(8)5(9)6(10)11-3;1-2-3(7)4(8)5(9)6(10)11-2/h2-6,8-11H,1,7H2;4*2-11H,1H2;2-10,12H,1H2;3*3-10H,1-2H2;2-10H,1H3/t2?,3?,4-,5+,6?;2*2?,3-,4?,5-,6?;2*2?,3-,4-,5?,6?;2?,3-,4+,5?,6?;3-,4?,5?,6-;3-,4?,5?,6?;3?,4-,5?,6+;2?,3-,4-,5?,6?/m0000011100/s1. The van der Waals surface area contributed by atoms with Crippen molar-refractivity contribution in [3.8, 4) is 0 Å². The smallest absolute Gasteiger partial charge is 0.184 e. The van der Waals surface area contributed by atoms with E-state index in [-0.39, 0.29) is 38.2 Å². The lowest BCUT2D eigenvalue weighted by Gasteiger charge is -2.38. The number of rotatable bonds is 9. The van der Waals surface area contributed by atoms with Gasteiger partial charge in [0.25, 0.3) is 0 Å². The van der Waals surface area contributed by atoms with Crippen molar-refractivity contribution < 1.29 is 272 Å². The zero-order valence-corrected chi connectivity index (χ0v) is 62.3. The fourth-order valence-corrected chi connectivity index (χ4v) is 11.0. The summed E-state index contributed by atoms with van der Waals surface area (Å²) in [7, 11) is 0. The molecule has 0 aromatic rings. The number of aliphatic hydroxyl groups excluding tert-OH is 44. The summed E-state index contributed by atoms with van der Waals surface area (Å²) in [4.78, 5) is 0. The summed E-state index contributed by atoms with van der Waals surface area (Å²) < 4.78 is 46.5. The number of ether oxygens (including phenoxy) is 10. The summed E-state index contributed by atoms with van der Waals surface area (Å²) in [5.74, 6) is 0.169. The van der Waals surface area contributed by atoms with Crippen LogP contribution in [-0.2, 0) is 47.4 Å². The predicted molar refractivity (Wildman–Crippen MR) is 363 cm³/mol. The highest BCUT2D eigenvalue weighted by atomic mass is 32.1. The monoisotopic (exact) mass is 1750 g/mol. The van der Waals surface area contributed by atoms with E-state index >= 15 is 0 Å². The fourth-order valence-electron chi connectivity index (χ4n) is 10.7. The molecule has 10 saturated heterocycles. The highest BCUT2D eigenvalue weighted by molar-refractivity contribution is 7.80. The molecule has 10 heterocycles. The van der Waals surface area contributed by atoms with Crippen molar-refractivity contribution in [2.24, 2.45) is 5.73 Å². The Bertz CT molecular complexity index is 2180. The molecule has 10 aliphatic heterocycles. The first-order valence-corrected chi connectivity index (χ1v) is 35.9. The Hall–Kier alpha value is -1.85. The quantitative estimate of drug-likeness (QED) is 0.0953. The van der Waals surface area contributed by atoms with Crippen molar-refractivity contribution in [2.45, 2.75) is 315 Å². The van der Waals surface area contributed by atoms with E-state index in [1.165, 1.54) is 6.92 Å². The second-order valence-corrected chi connectivity index (χ2v) is 27.3. The second-order valence-electron chi connectivity index (χ2n) is 27.0. The van der Waals surface area contributed by atoms with Crippen LogP contribution in [0.15, 0.2) is 0 Å². The van der Waals surface area contributed by atoms with Crippen molar-refractivity contribution >= 4 is 12.6 Å². The maximum absolute atomic E-state index is 9.23. The second kappa shape index (κ2) is 54.8. The van der Waals surface area contributed by atoms with Gasteiger partial charge in [-0.15, -0.1) is 0 Å². The lowest BCUT2D eigenvalue weighted by Crippen LogP contribution is -2.61. The SMILES string of the molecule is CC1OC(O)C(O)[C@@H](O)[C@H]1O.NC1C(O)OC(CO)[C@H](O)[C@@H]1O.OC1OC(CS)[C@@H](O)[C@H](O)C1O.OCC1C[C@H](O)C(O)[C@H](O)O1.OCC1OC(O)C(O)C[C@H]1O.OCC1OC(O)C(O)[C@@H](O)[C@H]1O.OCC1OC(O)C(O)[C@@H](O)[C@H]1O.OCC1OC(O)C[C@@H](O)[C@H]1O.OCC1OC(O)[C@@H](O)C(O)[C@H]1O.OCC1OC(O)[C@@H](O)C(O)[C@H]1O. The molecule has 0 bridgehead atoms. The molecule has 55 nitrogen and oxygen atoms in total. The molecule has 0 spiro atoms. The van der Waals surface area contributed by atoms with Crippen LogP contribution >= 0.6 is 12.6 Å². The number of thiol groups is 1. The zero-order valence-electron chi connectivity index (χ0n) is 61.4. The van der Waals surface area contributed by atoms with Crippen LogP contribution < -0.4 is 5.73 Å². The van der Waals surface area contributed by atoms with Gasteiger partial charge in [-0.25, -0.2) is 0 Å². The summed E-state index contributed by atoms with van der Waals surface area (Å²) in [6.45, 7) is -2.10. The molecule has 56 heteroatoms. The van der Waals surface area contributed by atoms with Gasteiger partial charge in [0.15, 0.2) is 62.9 Å². The van der Waals surface area contributed by atoms with Gasteiger partial charge in [-0.2, -0.15) is 12.6 Å². The van der Waals surface area contributed by atoms with Gasteiger partial charge in [-0.05, 0) is 6.92 Å². The molecule has 0 aromatic carbocycles. The van der Waals surface area contributed by atoms with E-state index < -0.39 is 328 Å². The number of hydrogen-bond acceptors (Lipinski definition) is 56. The van der Waals surface area contributed by atoms with E-state index in [9.17, 15) is 15.3 Å². The van der Waals surface area contributed by atoms with E-state index in [0.29, 0.717) is 0 Å². The zero-order chi connectivity index (χ0) is 89.7. The van der Waals surface area contributed by atoms with E-state index in [4.69, 9.17) is 234 Å². The third-order valence-corrected chi connectivity index (χ3v) is 18.7. The van der Waals surface area contributed by atoms with Crippen molar-refractivity contribution in [2.75, 3.05) is 58.6 Å². The van der Waals surface area contributed by atoms with Gasteiger partial charge >= 0.3 is 0 Å². The summed E-state index contributed by atoms with van der Waals surface area (Å²) in [6, 6.07) is -1.04. The lowest BCUT2D eigenvalue weighted by atomic mass is 9.98. The summed E-state index contributed by atoms with van der Waals surface area (Å²) >= 11 is 3.84. The van der Waals surface area contributed by atoms with Crippen LogP contribution in [-0.4, -0.2) is 572 Å². The molecular formula is C60H121NO54S. The van der Waals surface area contributed by atoms with Gasteiger partial charge in [0, 0.05) is 25.0 Å². The molecule has 46 N–H and O–H groups in total. The minimum Gasteiger partial charge on any atom is -0.394 e. The Morgan fingerprint density at radius 1 is 0.216 bits per heavy atom. The number of nitrogens with two attached hydrogens (primary N) is 1. The molecule has 0 radical (unpaired) electrons. The molecule has 696 valence electrons. The molecule has 0 aliphatic carbocycles. The first-order chi connectivity index (χ1) is 53.9. The van der Waals surface area contributed by atoms with Crippen LogP contribution in [0.4, 0.5) is 0 Å². The molecule has 10 aliphatic rings. The molecular weight excluding hydrogens is 1630 g/mol. The Kier molecular flexibility index (Phi) is 53.0. The third kappa shape index (κ3) is 33.2. The van der Waals surface area contributed by atoms with Crippen molar-refractivity contribution in [3.05, 3.63) is 0 Å². The summed E-state index contributed by atoms with van der Waals surface area (Å²) in [5.41, 5.74) is 5.26. The average molecular weight is 1750 g/mol. The first kappa shape index (κ1) is 112.